The second-order valence-electron chi connectivity index (χ2n) is 6.61. The highest BCUT2D eigenvalue weighted by molar-refractivity contribution is 5.18. The molecular weight excluding hydrogens is 236 g/mol. The second-order valence-corrected chi connectivity index (χ2v) is 6.61. The van der Waals surface area contributed by atoms with E-state index in [4.69, 9.17) is 4.74 Å². The summed E-state index contributed by atoms with van der Waals surface area (Å²) >= 11 is 0. The molecule has 0 fully saturated rings. The first-order valence-corrected chi connectivity index (χ1v) is 7.49. The molecular formula is C17H34O2. The number of rotatable bonds is 7. The van der Waals surface area contributed by atoms with Crippen LogP contribution in [0.3, 0.4) is 0 Å². The lowest BCUT2D eigenvalue weighted by Gasteiger charge is -2.40. The molecule has 0 saturated heterocycles. The molecule has 0 bridgehead atoms. The van der Waals surface area contributed by atoms with Crippen molar-refractivity contribution < 1.29 is 9.84 Å². The number of aliphatic hydroxyl groups is 1. The summed E-state index contributed by atoms with van der Waals surface area (Å²) in [6.45, 7) is 17.1. The fourth-order valence-electron chi connectivity index (χ4n) is 2.56. The van der Waals surface area contributed by atoms with Gasteiger partial charge in [-0.1, -0.05) is 46.6 Å². The lowest BCUT2D eigenvalue weighted by atomic mass is 9.69. The molecule has 4 atom stereocenters. The van der Waals surface area contributed by atoms with Crippen LogP contribution in [0.5, 0.6) is 0 Å². The number of aliphatic hydroxyl groups excluding tert-OH is 1. The van der Waals surface area contributed by atoms with Gasteiger partial charge in [0.05, 0.1) is 12.2 Å². The molecule has 1 N–H and O–H groups in total. The first-order chi connectivity index (χ1) is 8.61. The molecule has 0 aliphatic rings. The van der Waals surface area contributed by atoms with E-state index < -0.39 is 0 Å². The van der Waals surface area contributed by atoms with Gasteiger partial charge in [-0.2, -0.15) is 0 Å². The van der Waals surface area contributed by atoms with E-state index in [9.17, 15) is 5.11 Å². The van der Waals surface area contributed by atoms with Gasteiger partial charge in [-0.15, -0.1) is 0 Å². The first-order valence-electron chi connectivity index (χ1n) is 7.49. The third kappa shape index (κ3) is 4.32. The van der Waals surface area contributed by atoms with Crippen molar-refractivity contribution in [2.45, 2.75) is 74.0 Å². The van der Waals surface area contributed by atoms with Crippen LogP contribution in [0.2, 0.25) is 0 Å². The Morgan fingerprint density at radius 1 is 1.11 bits per heavy atom. The van der Waals surface area contributed by atoms with Crippen LogP contribution >= 0.6 is 0 Å². The Balaban J connectivity index is 5.16. The van der Waals surface area contributed by atoms with Crippen molar-refractivity contribution in [3.05, 3.63) is 11.1 Å². The van der Waals surface area contributed by atoms with E-state index in [2.05, 4.69) is 55.4 Å². The number of hydrogen-bond acceptors (Lipinski definition) is 2. The van der Waals surface area contributed by atoms with Crippen LogP contribution in [0.15, 0.2) is 11.1 Å². The predicted octanol–water partition coefficient (Wildman–Crippen LogP) is 4.43. The van der Waals surface area contributed by atoms with Gasteiger partial charge in [0.1, 0.15) is 0 Å². The maximum atomic E-state index is 10.7. The van der Waals surface area contributed by atoms with Gasteiger partial charge in [0, 0.05) is 13.0 Å². The molecule has 0 aliphatic heterocycles. The van der Waals surface area contributed by atoms with Gasteiger partial charge in [-0.3, -0.25) is 0 Å². The fourth-order valence-corrected chi connectivity index (χ4v) is 2.56. The van der Waals surface area contributed by atoms with Crippen LogP contribution < -0.4 is 0 Å². The Morgan fingerprint density at radius 2 is 1.58 bits per heavy atom. The molecule has 114 valence electrons. The van der Waals surface area contributed by atoms with E-state index in [0.29, 0.717) is 5.92 Å². The lowest BCUT2D eigenvalue weighted by Crippen LogP contribution is -2.40. The fraction of sp³-hybridized carbons (Fsp3) is 0.882. The normalized spacial score (nSPS) is 20.5. The van der Waals surface area contributed by atoms with Gasteiger partial charge in [0.25, 0.3) is 0 Å². The maximum absolute atomic E-state index is 10.7. The molecule has 0 aromatic heterocycles. The van der Waals surface area contributed by atoms with Gasteiger partial charge < -0.3 is 9.84 Å². The maximum Gasteiger partial charge on any atom is 0.0753 e. The molecule has 0 heterocycles. The minimum atomic E-state index is -0.332. The van der Waals surface area contributed by atoms with E-state index in [1.54, 1.807) is 7.11 Å². The molecule has 0 radical (unpaired) electrons. The summed E-state index contributed by atoms with van der Waals surface area (Å²) in [5.41, 5.74) is 2.40. The molecule has 2 heteroatoms. The summed E-state index contributed by atoms with van der Waals surface area (Å²) in [5, 5.41) is 10.7. The van der Waals surface area contributed by atoms with Gasteiger partial charge in [0.15, 0.2) is 0 Å². The number of methoxy groups -OCH3 is 1. The van der Waals surface area contributed by atoms with Crippen molar-refractivity contribution in [3.63, 3.8) is 0 Å². The summed E-state index contributed by atoms with van der Waals surface area (Å²) in [4.78, 5) is 0. The van der Waals surface area contributed by atoms with Crippen LogP contribution in [0.4, 0.5) is 0 Å². The van der Waals surface area contributed by atoms with Crippen molar-refractivity contribution in [2.24, 2.45) is 17.3 Å². The topological polar surface area (TPSA) is 29.5 Å². The van der Waals surface area contributed by atoms with E-state index in [1.807, 2.05) is 0 Å². The highest BCUT2D eigenvalue weighted by atomic mass is 16.5. The lowest BCUT2D eigenvalue weighted by molar-refractivity contribution is -0.0166. The minimum Gasteiger partial charge on any atom is -0.392 e. The Hall–Kier alpha value is -0.340. The highest BCUT2D eigenvalue weighted by Crippen LogP contribution is 2.38. The van der Waals surface area contributed by atoms with E-state index in [1.165, 1.54) is 11.1 Å². The molecule has 0 aliphatic carbocycles. The highest BCUT2D eigenvalue weighted by Gasteiger charge is 2.36. The van der Waals surface area contributed by atoms with Crippen molar-refractivity contribution in [2.75, 3.05) is 7.11 Å². The third-order valence-corrected chi connectivity index (χ3v) is 5.39. The summed E-state index contributed by atoms with van der Waals surface area (Å²) < 4.78 is 5.38. The number of ether oxygens (including phenoxy) is 1. The van der Waals surface area contributed by atoms with Crippen LogP contribution in [0.25, 0.3) is 0 Å². The van der Waals surface area contributed by atoms with Gasteiger partial charge in [0.2, 0.25) is 0 Å². The van der Waals surface area contributed by atoms with Crippen LogP contribution in [-0.2, 0) is 4.74 Å². The summed E-state index contributed by atoms with van der Waals surface area (Å²) in [6.07, 6.45) is 0.871. The Bertz CT molecular complexity index is 304. The van der Waals surface area contributed by atoms with Crippen molar-refractivity contribution in [3.8, 4) is 0 Å². The molecule has 0 unspecified atom stereocenters. The zero-order valence-electron chi connectivity index (χ0n) is 14.4. The second kappa shape index (κ2) is 7.44. The first kappa shape index (κ1) is 18.7. The molecule has 0 saturated carbocycles. The molecule has 0 aromatic carbocycles. The van der Waals surface area contributed by atoms with E-state index in [-0.39, 0.29) is 23.5 Å². The zero-order valence-corrected chi connectivity index (χ0v) is 14.4. The molecule has 0 amide bonds. The average Bonchev–Trinajstić information content (AvgIpc) is 2.41. The Labute approximate surface area is 120 Å². The Kier molecular flexibility index (Phi) is 7.31. The molecule has 0 spiro atoms. The molecule has 19 heavy (non-hydrogen) atoms. The smallest absolute Gasteiger partial charge is 0.0753 e. The van der Waals surface area contributed by atoms with Crippen LogP contribution in [0.1, 0.15) is 61.8 Å². The third-order valence-electron chi connectivity index (χ3n) is 5.39. The minimum absolute atomic E-state index is 0.0774. The summed E-state index contributed by atoms with van der Waals surface area (Å²) in [7, 11) is 1.73. The zero-order chi connectivity index (χ0) is 15.4. The average molecular weight is 270 g/mol. The number of hydrogen-bond donors (Lipinski definition) is 1. The van der Waals surface area contributed by atoms with Gasteiger partial charge in [-0.25, -0.2) is 0 Å². The molecule has 0 rings (SSSR count). The Morgan fingerprint density at radius 3 is 1.95 bits per heavy atom. The van der Waals surface area contributed by atoms with E-state index in [0.717, 1.165) is 6.42 Å². The largest absolute Gasteiger partial charge is 0.392 e. The standard InChI is InChI=1S/C17H34O2/c1-10-11(2)17(7,8)16(18)14(5)12(3)13(4)15(6)19-9/h11,14-16,18H,10H2,1-9H3/b13-12+/t11-,14+,15+,16+/m1/s1. The summed E-state index contributed by atoms with van der Waals surface area (Å²) in [5.74, 6) is 0.652. The monoisotopic (exact) mass is 270 g/mol. The van der Waals surface area contributed by atoms with Crippen molar-refractivity contribution in [1.82, 2.24) is 0 Å². The molecule has 0 aromatic rings. The quantitative estimate of drug-likeness (QED) is 0.694. The van der Waals surface area contributed by atoms with Crippen molar-refractivity contribution in [1.29, 1.82) is 0 Å². The van der Waals surface area contributed by atoms with Crippen molar-refractivity contribution >= 4 is 0 Å². The molecule has 2 nitrogen and oxygen atoms in total. The van der Waals surface area contributed by atoms with Crippen LogP contribution in [0, 0.1) is 17.3 Å². The van der Waals surface area contributed by atoms with Crippen LogP contribution in [-0.4, -0.2) is 24.4 Å². The van der Waals surface area contributed by atoms with E-state index >= 15 is 0 Å². The van der Waals surface area contributed by atoms with Gasteiger partial charge in [-0.05, 0) is 37.7 Å². The summed E-state index contributed by atoms with van der Waals surface area (Å²) in [6, 6.07) is 0. The van der Waals surface area contributed by atoms with Gasteiger partial charge >= 0.3 is 0 Å². The predicted molar refractivity (Wildman–Crippen MR) is 83.3 cm³/mol. The SMILES string of the molecule is CC[C@@H](C)C(C)(C)[C@@H](O)[C@@H](C)/C(C)=C(\C)[C@H](C)OC.